The largest absolute Gasteiger partial charge is 0.401 e. The van der Waals surface area contributed by atoms with E-state index in [1.807, 2.05) is 35.3 Å². The molecule has 6 heterocycles. The van der Waals surface area contributed by atoms with Gasteiger partial charge in [-0.3, -0.25) is 19.2 Å². The minimum absolute atomic E-state index is 0.0639. The smallest absolute Gasteiger partial charge is 0.306 e. The predicted molar refractivity (Wildman–Crippen MR) is 138 cm³/mol. The van der Waals surface area contributed by atoms with Crippen molar-refractivity contribution in [1.82, 2.24) is 39.3 Å². The molecule has 0 N–H and O–H groups in total. The Hall–Kier alpha value is -3.82. The van der Waals surface area contributed by atoms with Crippen molar-refractivity contribution < 1.29 is 13.2 Å². The first-order chi connectivity index (χ1) is 18.7. The van der Waals surface area contributed by atoms with Gasteiger partial charge in [-0.25, -0.2) is 4.98 Å². The van der Waals surface area contributed by atoms with Gasteiger partial charge in [-0.15, -0.1) is 0 Å². The van der Waals surface area contributed by atoms with Crippen LogP contribution in [-0.2, 0) is 5.54 Å². The van der Waals surface area contributed by atoms with E-state index in [1.54, 1.807) is 23.1 Å². The third-order valence-electron chi connectivity index (χ3n) is 7.72. The summed E-state index contributed by atoms with van der Waals surface area (Å²) < 4.78 is 42.3. The molecule has 9 nitrogen and oxygen atoms in total. The van der Waals surface area contributed by atoms with Gasteiger partial charge in [-0.1, -0.05) is 0 Å². The van der Waals surface area contributed by atoms with Crippen LogP contribution in [-0.4, -0.2) is 85.3 Å². The number of nitriles is 1. The van der Waals surface area contributed by atoms with Crippen LogP contribution < -0.4 is 0 Å². The van der Waals surface area contributed by atoms with Crippen LogP contribution in [0.1, 0.15) is 25.3 Å². The lowest BCUT2D eigenvalue weighted by molar-refractivity contribution is -0.167. The molecule has 202 valence electrons. The lowest BCUT2D eigenvalue weighted by Gasteiger charge is -2.49. The van der Waals surface area contributed by atoms with Gasteiger partial charge in [0, 0.05) is 42.6 Å². The lowest BCUT2D eigenvalue weighted by atomic mass is 9.87. The summed E-state index contributed by atoms with van der Waals surface area (Å²) in [6, 6.07) is 9.97. The number of piperidine rings is 1. The number of alkyl halides is 3. The summed E-state index contributed by atoms with van der Waals surface area (Å²) in [7, 11) is 2.13. The van der Waals surface area contributed by atoms with E-state index in [0.29, 0.717) is 17.4 Å². The quantitative estimate of drug-likeness (QED) is 0.367. The van der Waals surface area contributed by atoms with Crippen molar-refractivity contribution in [2.45, 2.75) is 37.0 Å². The van der Waals surface area contributed by atoms with Crippen LogP contribution in [0.4, 0.5) is 13.2 Å². The van der Waals surface area contributed by atoms with Gasteiger partial charge in [0.1, 0.15) is 16.9 Å². The first kappa shape index (κ1) is 25.5. The molecule has 0 atom stereocenters. The maximum absolute atomic E-state index is 12.9. The number of fused-ring (bicyclic) bond motifs is 1. The van der Waals surface area contributed by atoms with Crippen LogP contribution in [0.25, 0.3) is 33.5 Å². The average Bonchev–Trinajstić information content (AvgIpc) is 3.57. The Kier molecular flexibility index (Phi) is 6.35. The second kappa shape index (κ2) is 9.73. The van der Waals surface area contributed by atoms with E-state index in [9.17, 15) is 18.4 Å². The first-order valence-electron chi connectivity index (χ1n) is 12.9. The summed E-state index contributed by atoms with van der Waals surface area (Å²) in [5.74, 6) is 0. The maximum atomic E-state index is 12.9. The molecule has 4 aromatic heterocycles. The van der Waals surface area contributed by atoms with Gasteiger partial charge in [0.15, 0.2) is 0 Å². The van der Waals surface area contributed by atoms with Gasteiger partial charge in [0.25, 0.3) is 0 Å². The fourth-order valence-corrected chi connectivity index (χ4v) is 5.70. The van der Waals surface area contributed by atoms with Gasteiger partial charge < -0.3 is 4.90 Å². The van der Waals surface area contributed by atoms with Crippen molar-refractivity contribution in [3.63, 3.8) is 0 Å². The van der Waals surface area contributed by atoms with Crippen molar-refractivity contribution >= 4 is 10.9 Å². The summed E-state index contributed by atoms with van der Waals surface area (Å²) in [5, 5.41) is 19.6. The molecule has 6 rings (SSSR count). The number of likely N-dealkylation sites (tertiary alicyclic amines) is 2. The average molecular weight is 536 g/mol. The molecule has 2 saturated heterocycles. The van der Waals surface area contributed by atoms with E-state index in [-0.39, 0.29) is 19.5 Å². The molecular formula is C27H28F3N9. The van der Waals surface area contributed by atoms with E-state index >= 15 is 0 Å². The minimum Gasteiger partial charge on any atom is -0.306 e. The van der Waals surface area contributed by atoms with Crippen LogP contribution >= 0.6 is 0 Å². The van der Waals surface area contributed by atoms with Gasteiger partial charge in [0.05, 0.1) is 42.5 Å². The van der Waals surface area contributed by atoms with E-state index in [4.69, 9.17) is 10.1 Å². The SMILES string of the molecule is CN1CCC(n2cc(-c3cc4ncccc4c(-c4ccn(C5(CC#N)CN(CC(F)(F)F)C5)n4)n3)cn2)CC1. The highest BCUT2D eigenvalue weighted by Crippen LogP contribution is 2.36. The van der Waals surface area contributed by atoms with Gasteiger partial charge in [0.2, 0.25) is 0 Å². The zero-order valence-corrected chi connectivity index (χ0v) is 21.5. The Labute approximate surface area is 223 Å². The third kappa shape index (κ3) is 4.99. The highest BCUT2D eigenvalue weighted by atomic mass is 19.4. The van der Waals surface area contributed by atoms with Crippen LogP contribution in [0, 0.1) is 11.3 Å². The van der Waals surface area contributed by atoms with E-state index < -0.39 is 18.3 Å². The van der Waals surface area contributed by atoms with Crippen molar-refractivity contribution in [2.75, 3.05) is 39.8 Å². The van der Waals surface area contributed by atoms with E-state index in [1.165, 1.54) is 4.90 Å². The standard InChI is InChI=1S/C27H28F3N9/c1-36-10-4-20(5-11-36)38-15-19(14-33-38)23-13-24-21(3-2-9-32-24)25(34-23)22-6-12-39(35-22)26(7-8-31)16-37(17-26)18-27(28,29)30/h2-3,6,9,12-15,20H,4-5,7,10-11,16-18H2,1H3. The monoisotopic (exact) mass is 535 g/mol. The first-order valence-corrected chi connectivity index (χ1v) is 12.9. The molecule has 0 amide bonds. The number of rotatable bonds is 6. The van der Waals surface area contributed by atoms with Crippen molar-refractivity contribution in [3.8, 4) is 28.7 Å². The Morgan fingerprint density at radius 3 is 2.69 bits per heavy atom. The molecule has 2 aliphatic heterocycles. The van der Waals surface area contributed by atoms with E-state index in [2.05, 4.69) is 28.1 Å². The van der Waals surface area contributed by atoms with Crippen LogP contribution in [0.2, 0.25) is 0 Å². The summed E-state index contributed by atoms with van der Waals surface area (Å²) in [6.07, 6.45) is 5.16. The number of nitrogens with zero attached hydrogens (tertiary/aromatic N) is 9. The highest BCUT2D eigenvalue weighted by molar-refractivity contribution is 5.93. The molecule has 4 aromatic rings. The molecule has 12 heteroatoms. The van der Waals surface area contributed by atoms with Crippen LogP contribution in [0.3, 0.4) is 0 Å². The summed E-state index contributed by atoms with van der Waals surface area (Å²) in [5.41, 5.74) is 2.75. The lowest BCUT2D eigenvalue weighted by Crippen LogP contribution is -2.64. The normalized spacial score (nSPS) is 18.7. The van der Waals surface area contributed by atoms with Gasteiger partial charge in [-0.2, -0.15) is 28.6 Å². The van der Waals surface area contributed by atoms with E-state index in [0.717, 1.165) is 48.1 Å². The number of hydrogen-bond donors (Lipinski definition) is 0. The topological polar surface area (TPSA) is 91.7 Å². The van der Waals surface area contributed by atoms with Gasteiger partial charge >= 0.3 is 6.18 Å². The molecule has 39 heavy (non-hydrogen) atoms. The van der Waals surface area contributed by atoms with Crippen LogP contribution in [0.15, 0.2) is 49.1 Å². The molecular weight excluding hydrogens is 507 g/mol. The number of pyridine rings is 2. The Balaban J connectivity index is 1.32. The second-order valence-electron chi connectivity index (χ2n) is 10.6. The molecule has 0 aromatic carbocycles. The minimum atomic E-state index is -4.29. The molecule has 0 bridgehead atoms. The molecule has 2 aliphatic rings. The predicted octanol–water partition coefficient (Wildman–Crippen LogP) is 4.11. The highest BCUT2D eigenvalue weighted by Gasteiger charge is 2.48. The number of aromatic nitrogens is 6. The Morgan fingerprint density at radius 2 is 1.95 bits per heavy atom. The molecule has 0 aliphatic carbocycles. The zero-order chi connectivity index (χ0) is 27.2. The molecule has 0 spiro atoms. The molecule has 0 radical (unpaired) electrons. The van der Waals surface area contributed by atoms with Crippen molar-refractivity contribution in [2.24, 2.45) is 0 Å². The summed E-state index contributed by atoms with van der Waals surface area (Å²) in [6.45, 7) is 1.28. The zero-order valence-electron chi connectivity index (χ0n) is 21.5. The van der Waals surface area contributed by atoms with Crippen LogP contribution in [0.5, 0.6) is 0 Å². The second-order valence-corrected chi connectivity index (χ2v) is 10.6. The number of halogens is 3. The molecule has 0 saturated carbocycles. The maximum Gasteiger partial charge on any atom is 0.401 e. The Morgan fingerprint density at radius 1 is 1.15 bits per heavy atom. The fourth-order valence-electron chi connectivity index (χ4n) is 5.70. The fraction of sp³-hybridized carbons (Fsp3) is 0.444. The molecule has 0 unspecified atom stereocenters. The number of hydrogen-bond acceptors (Lipinski definition) is 7. The summed E-state index contributed by atoms with van der Waals surface area (Å²) >= 11 is 0. The van der Waals surface area contributed by atoms with Crippen molar-refractivity contribution in [3.05, 3.63) is 49.1 Å². The Bertz CT molecular complexity index is 1520. The van der Waals surface area contributed by atoms with Gasteiger partial charge in [-0.05, 0) is 57.2 Å². The summed E-state index contributed by atoms with van der Waals surface area (Å²) in [4.78, 5) is 13.1. The molecule has 2 fully saturated rings. The van der Waals surface area contributed by atoms with Crippen molar-refractivity contribution in [1.29, 1.82) is 5.26 Å². The third-order valence-corrected chi connectivity index (χ3v) is 7.72.